The third-order valence-electron chi connectivity index (χ3n) is 10.8. The largest absolute Gasteiger partial charge is 0.454 e. The van der Waals surface area contributed by atoms with Crippen molar-refractivity contribution in [1.29, 1.82) is 0 Å². The Morgan fingerprint density at radius 3 is 2.09 bits per heavy atom. The Kier molecular flexibility index (Phi) is 6.44. The first-order valence-corrected chi connectivity index (χ1v) is 19.2. The molecule has 0 saturated heterocycles. The number of furan rings is 1. The van der Waals surface area contributed by atoms with Crippen LogP contribution < -0.4 is 4.90 Å². The van der Waals surface area contributed by atoms with Crippen LogP contribution in [0.4, 0.5) is 17.1 Å². The Hall–Kier alpha value is -7.15. The molecule has 4 heterocycles. The Balaban J connectivity index is 1.17. The first-order chi connectivity index (χ1) is 27.3. The normalized spacial score (nSPS) is 12.0. The predicted molar refractivity (Wildman–Crippen MR) is 229 cm³/mol. The summed E-state index contributed by atoms with van der Waals surface area (Å²) in [5.41, 5.74) is 10.4. The van der Waals surface area contributed by atoms with E-state index in [0.29, 0.717) is 5.89 Å². The third-order valence-corrected chi connectivity index (χ3v) is 12.0. The highest BCUT2D eigenvalue weighted by atomic mass is 32.1. The van der Waals surface area contributed by atoms with Gasteiger partial charge in [0, 0.05) is 53.3 Å². The number of anilines is 3. The fourth-order valence-corrected chi connectivity index (χ4v) is 9.52. The summed E-state index contributed by atoms with van der Waals surface area (Å²) >= 11 is 1.83. The van der Waals surface area contributed by atoms with E-state index in [-0.39, 0.29) is 0 Å². The van der Waals surface area contributed by atoms with Crippen LogP contribution in [-0.4, -0.2) is 9.55 Å². The Morgan fingerprint density at radius 1 is 0.491 bits per heavy atom. The van der Waals surface area contributed by atoms with Crippen LogP contribution in [0.25, 0.3) is 92.2 Å². The number of para-hydroxylation sites is 3. The lowest BCUT2D eigenvalue weighted by molar-refractivity contribution is 0.622. The van der Waals surface area contributed by atoms with Gasteiger partial charge in [0.2, 0.25) is 5.89 Å². The molecule has 258 valence electrons. The molecule has 55 heavy (non-hydrogen) atoms. The van der Waals surface area contributed by atoms with E-state index in [1.807, 2.05) is 53.8 Å². The van der Waals surface area contributed by atoms with E-state index in [2.05, 4.69) is 143 Å². The van der Waals surface area contributed by atoms with Crippen molar-refractivity contribution in [3.8, 4) is 17.1 Å². The molecule has 0 radical (unpaired) electrons. The Bertz CT molecular complexity index is 3450. The summed E-state index contributed by atoms with van der Waals surface area (Å²) in [6, 6.07) is 62.0. The van der Waals surface area contributed by atoms with Crippen molar-refractivity contribution in [2.45, 2.75) is 0 Å². The van der Waals surface area contributed by atoms with Gasteiger partial charge >= 0.3 is 0 Å². The molecule has 12 rings (SSSR count). The van der Waals surface area contributed by atoms with E-state index in [1.54, 1.807) is 0 Å². The number of rotatable bonds is 5. The summed E-state index contributed by atoms with van der Waals surface area (Å²) in [6.45, 7) is 0. The molecule has 4 aromatic heterocycles. The zero-order valence-electron chi connectivity index (χ0n) is 29.3. The molecule has 6 heteroatoms. The third kappa shape index (κ3) is 4.49. The van der Waals surface area contributed by atoms with Crippen LogP contribution in [0.2, 0.25) is 0 Å². The lowest BCUT2D eigenvalue weighted by Crippen LogP contribution is -2.10. The van der Waals surface area contributed by atoms with Gasteiger partial charge < -0.3 is 18.3 Å². The minimum Gasteiger partial charge on any atom is -0.454 e. The number of aromatic nitrogens is 2. The quantitative estimate of drug-likeness (QED) is 0.177. The van der Waals surface area contributed by atoms with Gasteiger partial charge in [0.25, 0.3) is 0 Å². The molecule has 0 unspecified atom stereocenters. The SMILES string of the molecule is c1ccc(-c2nc3ccc4oc5c(N(c6ccc7sc8ccccc8c7c6)c6cccc7c6c6ccccc6n7-c6ccccc6)cccc5c4c3o2)cc1. The van der Waals surface area contributed by atoms with Gasteiger partial charge in [-0.2, -0.15) is 0 Å². The van der Waals surface area contributed by atoms with E-state index in [1.165, 1.54) is 25.6 Å². The highest BCUT2D eigenvalue weighted by molar-refractivity contribution is 7.25. The number of benzene rings is 8. The lowest BCUT2D eigenvalue weighted by Gasteiger charge is -2.26. The van der Waals surface area contributed by atoms with E-state index in [0.717, 1.165) is 77.8 Å². The molecule has 0 bridgehead atoms. The summed E-state index contributed by atoms with van der Waals surface area (Å²) in [5, 5.41) is 6.72. The highest BCUT2D eigenvalue weighted by Crippen LogP contribution is 2.49. The molecule has 0 aliphatic heterocycles. The second kappa shape index (κ2) is 11.7. The van der Waals surface area contributed by atoms with Crippen molar-refractivity contribution < 1.29 is 8.83 Å². The van der Waals surface area contributed by atoms with Gasteiger partial charge in [-0.1, -0.05) is 91.0 Å². The van der Waals surface area contributed by atoms with Crippen molar-refractivity contribution in [3.63, 3.8) is 0 Å². The maximum absolute atomic E-state index is 6.91. The molecule has 5 nitrogen and oxygen atoms in total. The molecule has 0 atom stereocenters. The second-order valence-corrected chi connectivity index (χ2v) is 15.0. The summed E-state index contributed by atoms with van der Waals surface area (Å²) < 4.78 is 18.4. The maximum Gasteiger partial charge on any atom is 0.227 e. The first-order valence-electron chi connectivity index (χ1n) is 18.4. The monoisotopic (exact) mass is 723 g/mol. The summed E-state index contributed by atoms with van der Waals surface area (Å²) in [5.74, 6) is 0.591. The van der Waals surface area contributed by atoms with Crippen LogP contribution in [0.3, 0.4) is 0 Å². The van der Waals surface area contributed by atoms with Gasteiger partial charge in [0.15, 0.2) is 11.2 Å². The topological polar surface area (TPSA) is 47.3 Å². The van der Waals surface area contributed by atoms with Crippen molar-refractivity contribution in [2.75, 3.05) is 4.90 Å². The zero-order valence-corrected chi connectivity index (χ0v) is 30.1. The minimum atomic E-state index is 0.591. The Labute approximate surface area is 318 Å². The van der Waals surface area contributed by atoms with Gasteiger partial charge in [-0.05, 0) is 84.9 Å². The smallest absolute Gasteiger partial charge is 0.227 e. The van der Waals surface area contributed by atoms with Crippen LogP contribution in [-0.2, 0) is 0 Å². The number of oxazole rings is 1. The van der Waals surface area contributed by atoms with Crippen LogP contribution >= 0.6 is 11.3 Å². The minimum absolute atomic E-state index is 0.591. The zero-order chi connectivity index (χ0) is 36.0. The predicted octanol–water partition coefficient (Wildman–Crippen LogP) is 14.3. The molecule has 0 aliphatic carbocycles. The lowest BCUT2D eigenvalue weighted by atomic mass is 10.1. The van der Waals surface area contributed by atoms with Gasteiger partial charge in [-0.25, -0.2) is 4.98 Å². The average Bonchev–Trinajstić information content (AvgIpc) is 4.02. The molecule has 0 fully saturated rings. The molecule has 12 aromatic rings. The highest BCUT2D eigenvalue weighted by Gasteiger charge is 2.26. The molecular weight excluding hydrogens is 695 g/mol. The van der Waals surface area contributed by atoms with Gasteiger partial charge in [-0.3, -0.25) is 0 Å². The fraction of sp³-hybridized carbons (Fsp3) is 0. The molecular formula is C49H29N3O2S. The molecule has 0 aliphatic rings. The van der Waals surface area contributed by atoms with Crippen molar-refractivity contribution in [2.24, 2.45) is 0 Å². The van der Waals surface area contributed by atoms with Crippen LogP contribution in [0.1, 0.15) is 0 Å². The van der Waals surface area contributed by atoms with Crippen molar-refractivity contribution in [3.05, 3.63) is 176 Å². The van der Waals surface area contributed by atoms with Crippen LogP contribution in [0.5, 0.6) is 0 Å². The van der Waals surface area contributed by atoms with Gasteiger partial charge in [0.1, 0.15) is 11.1 Å². The number of hydrogen-bond acceptors (Lipinski definition) is 5. The van der Waals surface area contributed by atoms with E-state index in [4.69, 9.17) is 13.8 Å². The Morgan fingerprint density at radius 2 is 1.20 bits per heavy atom. The van der Waals surface area contributed by atoms with Gasteiger partial charge in [-0.15, -0.1) is 11.3 Å². The molecule has 0 spiro atoms. The first kappa shape index (κ1) is 30.3. The van der Waals surface area contributed by atoms with Crippen LogP contribution in [0, 0.1) is 0 Å². The number of hydrogen-bond donors (Lipinski definition) is 0. The average molecular weight is 724 g/mol. The maximum atomic E-state index is 6.91. The van der Waals surface area contributed by atoms with E-state index < -0.39 is 0 Å². The van der Waals surface area contributed by atoms with E-state index in [9.17, 15) is 0 Å². The molecule has 0 N–H and O–H groups in total. The second-order valence-electron chi connectivity index (χ2n) is 13.9. The van der Waals surface area contributed by atoms with Crippen molar-refractivity contribution in [1.82, 2.24) is 9.55 Å². The molecule has 8 aromatic carbocycles. The summed E-state index contributed by atoms with van der Waals surface area (Å²) in [6.07, 6.45) is 0. The van der Waals surface area contributed by atoms with E-state index >= 15 is 0 Å². The number of nitrogens with zero attached hydrogens (tertiary/aromatic N) is 3. The molecule has 0 saturated carbocycles. The standard InChI is InChI=1S/C49H29N3O2S/c1-3-13-30(14-4-1)49-50-37-26-27-42-46(48(37)54-49)35-19-11-23-41(47(35)53-42)52(32-25-28-44-36(29-32)33-17-8-10-24-43(33)55-44)40-22-12-21-39-45(40)34-18-7-9-20-38(34)51(39)31-15-5-2-6-16-31/h1-29H. The fourth-order valence-electron chi connectivity index (χ4n) is 8.44. The summed E-state index contributed by atoms with van der Waals surface area (Å²) in [7, 11) is 0. The number of fused-ring (bicyclic) bond motifs is 11. The van der Waals surface area contributed by atoms with Crippen molar-refractivity contribution >= 4 is 103 Å². The summed E-state index contributed by atoms with van der Waals surface area (Å²) in [4.78, 5) is 7.27. The van der Waals surface area contributed by atoms with Crippen LogP contribution in [0.15, 0.2) is 185 Å². The van der Waals surface area contributed by atoms with Gasteiger partial charge in [0.05, 0.1) is 27.8 Å². The molecule has 0 amide bonds. The number of thiophene rings is 1.